The zero-order valence-electron chi connectivity index (χ0n) is 7.97. The molecule has 2 aromatic rings. The van der Waals surface area contributed by atoms with E-state index in [9.17, 15) is 0 Å². The summed E-state index contributed by atoms with van der Waals surface area (Å²) in [6, 6.07) is 8.10. The molecule has 2 rings (SSSR count). The molecule has 0 radical (unpaired) electrons. The van der Waals surface area contributed by atoms with Gasteiger partial charge in [0.15, 0.2) is 0 Å². The molecule has 0 atom stereocenters. The van der Waals surface area contributed by atoms with Crippen LogP contribution in [0.4, 0.5) is 0 Å². The van der Waals surface area contributed by atoms with Crippen molar-refractivity contribution in [1.29, 1.82) is 0 Å². The molecule has 0 amide bonds. The summed E-state index contributed by atoms with van der Waals surface area (Å²) in [5, 5.41) is 0. The fourth-order valence-corrected chi connectivity index (χ4v) is 1.42. The van der Waals surface area contributed by atoms with E-state index in [0.717, 1.165) is 15.7 Å². The summed E-state index contributed by atoms with van der Waals surface area (Å²) in [6.07, 6.45) is 9.03. The molecule has 15 heavy (non-hydrogen) atoms. The van der Waals surface area contributed by atoms with Crippen LogP contribution in [0.3, 0.4) is 0 Å². The largest absolute Gasteiger partial charge is 0.261 e. The van der Waals surface area contributed by atoms with E-state index in [-0.39, 0.29) is 0 Å². The molecule has 1 aromatic heterocycles. The van der Waals surface area contributed by atoms with Crippen molar-refractivity contribution in [2.75, 3.05) is 0 Å². The van der Waals surface area contributed by atoms with Gasteiger partial charge in [0.05, 0.1) is 11.9 Å². The highest BCUT2D eigenvalue weighted by Gasteiger charge is 1.88. The van der Waals surface area contributed by atoms with Gasteiger partial charge in [0, 0.05) is 16.9 Å². The topological polar surface area (TPSA) is 25.8 Å². The number of hydrogen-bond acceptors (Lipinski definition) is 2. The fraction of sp³-hybridized carbons (Fsp3) is 0. The molecule has 3 heteroatoms. The van der Waals surface area contributed by atoms with E-state index in [1.54, 1.807) is 18.6 Å². The van der Waals surface area contributed by atoms with E-state index < -0.39 is 0 Å². The van der Waals surface area contributed by atoms with E-state index in [1.807, 2.05) is 36.4 Å². The summed E-state index contributed by atoms with van der Waals surface area (Å²) in [5.74, 6) is 0. The van der Waals surface area contributed by atoms with Crippen molar-refractivity contribution in [2.45, 2.75) is 0 Å². The Labute approximate surface area is 96.8 Å². The highest BCUT2D eigenvalue weighted by molar-refractivity contribution is 9.10. The van der Waals surface area contributed by atoms with E-state index in [0.29, 0.717) is 0 Å². The van der Waals surface area contributed by atoms with Gasteiger partial charge >= 0.3 is 0 Å². The minimum atomic E-state index is 0.861. The van der Waals surface area contributed by atoms with Crippen LogP contribution in [-0.2, 0) is 0 Å². The van der Waals surface area contributed by atoms with Gasteiger partial charge in [-0.3, -0.25) is 9.97 Å². The van der Waals surface area contributed by atoms with Crippen molar-refractivity contribution in [1.82, 2.24) is 9.97 Å². The number of rotatable bonds is 2. The average molecular weight is 261 g/mol. The van der Waals surface area contributed by atoms with Crippen LogP contribution >= 0.6 is 15.9 Å². The molecule has 0 saturated carbocycles. The average Bonchev–Trinajstić information content (AvgIpc) is 2.30. The molecule has 1 aromatic carbocycles. The number of benzene rings is 1. The van der Waals surface area contributed by atoms with Crippen LogP contribution in [0.1, 0.15) is 11.3 Å². The highest BCUT2D eigenvalue weighted by atomic mass is 79.9. The lowest BCUT2D eigenvalue weighted by Crippen LogP contribution is -1.80. The minimum absolute atomic E-state index is 0.861. The standard InChI is InChI=1S/C12H9BrN2/c13-11-4-1-10(2-5-11)3-6-12-9-14-7-8-15-12/h1-9H/b6-3+. The summed E-state index contributed by atoms with van der Waals surface area (Å²) in [7, 11) is 0. The second-order valence-corrected chi connectivity index (χ2v) is 3.93. The summed E-state index contributed by atoms with van der Waals surface area (Å²) in [5.41, 5.74) is 2.00. The summed E-state index contributed by atoms with van der Waals surface area (Å²) in [6.45, 7) is 0. The van der Waals surface area contributed by atoms with E-state index >= 15 is 0 Å². The monoisotopic (exact) mass is 260 g/mol. The number of nitrogens with zero attached hydrogens (tertiary/aromatic N) is 2. The van der Waals surface area contributed by atoms with Gasteiger partial charge in [0.2, 0.25) is 0 Å². The molecule has 0 aliphatic rings. The maximum atomic E-state index is 4.15. The van der Waals surface area contributed by atoms with E-state index in [1.165, 1.54) is 0 Å². The zero-order valence-corrected chi connectivity index (χ0v) is 9.55. The van der Waals surface area contributed by atoms with Crippen molar-refractivity contribution in [3.05, 3.63) is 58.6 Å². The van der Waals surface area contributed by atoms with E-state index in [2.05, 4.69) is 25.9 Å². The van der Waals surface area contributed by atoms with Crippen LogP contribution in [0.15, 0.2) is 47.3 Å². The molecule has 0 saturated heterocycles. The first kappa shape index (κ1) is 10.1. The second-order valence-electron chi connectivity index (χ2n) is 3.02. The van der Waals surface area contributed by atoms with Crippen LogP contribution in [0.2, 0.25) is 0 Å². The predicted molar refractivity (Wildman–Crippen MR) is 65.1 cm³/mol. The molecular weight excluding hydrogens is 252 g/mol. The molecule has 1 heterocycles. The van der Waals surface area contributed by atoms with Crippen LogP contribution in [0.5, 0.6) is 0 Å². The number of aromatic nitrogens is 2. The number of hydrogen-bond donors (Lipinski definition) is 0. The molecule has 0 fully saturated rings. The predicted octanol–water partition coefficient (Wildman–Crippen LogP) is 3.41. The first-order chi connectivity index (χ1) is 7.34. The summed E-state index contributed by atoms with van der Waals surface area (Å²) in [4.78, 5) is 8.14. The van der Waals surface area contributed by atoms with Gasteiger partial charge in [0.1, 0.15) is 0 Å². The Kier molecular flexibility index (Phi) is 3.25. The Hall–Kier alpha value is -1.48. The fourth-order valence-electron chi connectivity index (χ4n) is 1.15. The second kappa shape index (κ2) is 4.84. The molecule has 74 valence electrons. The van der Waals surface area contributed by atoms with Gasteiger partial charge in [-0.1, -0.05) is 34.1 Å². The normalized spacial score (nSPS) is 10.7. The molecule has 0 spiro atoms. The minimum Gasteiger partial charge on any atom is -0.261 e. The Bertz CT molecular complexity index is 449. The highest BCUT2D eigenvalue weighted by Crippen LogP contribution is 2.12. The molecule has 2 nitrogen and oxygen atoms in total. The maximum Gasteiger partial charge on any atom is 0.0813 e. The quantitative estimate of drug-likeness (QED) is 0.827. The van der Waals surface area contributed by atoms with Crippen molar-refractivity contribution >= 4 is 28.1 Å². The van der Waals surface area contributed by atoms with Gasteiger partial charge in [-0.2, -0.15) is 0 Å². The van der Waals surface area contributed by atoms with Crippen LogP contribution < -0.4 is 0 Å². The van der Waals surface area contributed by atoms with Crippen molar-refractivity contribution in [2.24, 2.45) is 0 Å². The van der Waals surface area contributed by atoms with Crippen LogP contribution in [0, 0.1) is 0 Å². The van der Waals surface area contributed by atoms with Crippen LogP contribution in [-0.4, -0.2) is 9.97 Å². The van der Waals surface area contributed by atoms with Gasteiger partial charge in [-0.15, -0.1) is 0 Å². The Morgan fingerprint density at radius 2 is 1.80 bits per heavy atom. The van der Waals surface area contributed by atoms with Crippen molar-refractivity contribution < 1.29 is 0 Å². The maximum absolute atomic E-state index is 4.15. The Morgan fingerprint density at radius 1 is 1.00 bits per heavy atom. The lowest BCUT2D eigenvalue weighted by Gasteiger charge is -1.93. The van der Waals surface area contributed by atoms with E-state index in [4.69, 9.17) is 0 Å². The van der Waals surface area contributed by atoms with Gasteiger partial charge < -0.3 is 0 Å². The third-order valence-electron chi connectivity index (χ3n) is 1.90. The Balaban J connectivity index is 2.15. The first-order valence-electron chi connectivity index (χ1n) is 4.54. The number of halogens is 1. The summed E-state index contributed by atoms with van der Waals surface area (Å²) >= 11 is 3.40. The SMILES string of the molecule is Brc1ccc(/C=C/c2cnccn2)cc1. The molecule has 0 aliphatic heterocycles. The Morgan fingerprint density at radius 3 is 2.47 bits per heavy atom. The van der Waals surface area contributed by atoms with Crippen LogP contribution in [0.25, 0.3) is 12.2 Å². The van der Waals surface area contributed by atoms with Gasteiger partial charge in [-0.05, 0) is 23.8 Å². The van der Waals surface area contributed by atoms with Crippen molar-refractivity contribution in [3.63, 3.8) is 0 Å². The third kappa shape index (κ3) is 2.99. The molecule has 0 N–H and O–H groups in total. The van der Waals surface area contributed by atoms with Gasteiger partial charge in [0.25, 0.3) is 0 Å². The first-order valence-corrected chi connectivity index (χ1v) is 5.33. The summed E-state index contributed by atoms with van der Waals surface area (Å²) < 4.78 is 1.08. The molecule has 0 unspecified atom stereocenters. The molecule has 0 aliphatic carbocycles. The van der Waals surface area contributed by atoms with Gasteiger partial charge in [-0.25, -0.2) is 0 Å². The zero-order chi connectivity index (χ0) is 10.5. The smallest absolute Gasteiger partial charge is 0.0813 e. The lowest BCUT2D eigenvalue weighted by molar-refractivity contribution is 1.18. The third-order valence-corrected chi connectivity index (χ3v) is 2.43. The lowest BCUT2D eigenvalue weighted by atomic mass is 10.2. The van der Waals surface area contributed by atoms with Crippen molar-refractivity contribution in [3.8, 4) is 0 Å². The molecule has 0 bridgehead atoms. The molecular formula is C12H9BrN2.